The van der Waals surface area contributed by atoms with Crippen LogP contribution in [-0.4, -0.2) is 31.6 Å². The molecule has 0 aliphatic rings. The summed E-state index contributed by atoms with van der Waals surface area (Å²) in [5.74, 6) is 1.32. The summed E-state index contributed by atoms with van der Waals surface area (Å²) in [5, 5.41) is 6.06. The first kappa shape index (κ1) is 24.5. The van der Waals surface area contributed by atoms with Gasteiger partial charge in [-0.2, -0.15) is 0 Å². The molecule has 1 rings (SSSR count). The Morgan fingerprint density at radius 2 is 1.92 bits per heavy atom. The van der Waals surface area contributed by atoms with Gasteiger partial charge in [0.15, 0.2) is 5.96 Å². The number of carbonyl (C=O) groups is 1. The number of benzene rings is 1. The third-order valence-corrected chi connectivity index (χ3v) is 3.75. The standard InChI is InChI=1S/C19H32N4O2.HI/c1-4-6-13-21-19(20)22-14-7-8-18(24)23-15(3)16-9-11-17(12-10-16)25-5-2;/h9-12,15H,4-8,13-14H2,1-3H3,(H,23,24)(H3,20,21,22);1H. The quantitative estimate of drug-likeness (QED) is 0.198. The Kier molecular flexibility index (Phi) is 13.8. The van der Waals surface area contributed by atoms with Crippen molar-refractivity contribution in [2.45, 2.75) is 52.5 Å². The third kappa shape index (κ3) is 10.5. The van der Waals surface area contributed by atoms with Gasteiger partial charge in [0.2, 0.25) is 5.91 Å². The van der Waals surface area contributed by atoms with Gasteiger partial charge in [-0.25, -0.2) is 0 Å². The molecule has 0 saturated carbocycles. The molecule has 6 nitrogen and oxygen atoms in total. The zero-order valence-corrected chi connectivity index (χ0v) is 18.4. The second-order valence-corrected chi connectivity index (χ2v) is 5.94. The summed E-state index contributed by atoms with van der Waals surface area (Å²) in [5.41, 5.74) is 6.80. The number of nitrogens with zero attached hydrogens (tertiary/aromatic N) is 1. The minimum atomic E-state index is -0.0348. The van der Waals surface area contributed by atoms with Crippen molar-refractivity contribution in [3.8, 4) is 5.75 Å². The number of carbonyl (C=O) groups excluding carboxylic acids is 1. The van der Waals surface area contributed by atoms with Gasteiger partial charge in [-0.05, 0) is 44.4 Å². The van der Waals surface area contributed by atoms with E-state index in [0.29, 0.717) is 32.0 Å². The Labute approximate surface area is 174 Å². The first-order chi connectivity index (χ1) is 12.1. The minimum absolute atomic E-state index is 0. The minimum Gasteiger partial charge on any atom is -0.494 e. The van der Waals surface area contributed by atoms with E-state index < -0.39 is 0 Å². The van der Waals surface area contributed by atoms with Crippen LogP contribution in [0.15, 0.2) is 29.3 Å². The molecule has 0 spiro atoms. The average Bonchev–Trinajstić information content (AvgIpc) is 2.60. The molecular formula is C19H33IN4O2. The summed E-state index contributed by atoms with van der Waals surface area (Å²) in [6.07, 6.45) is 3.31. The lowest BCUT2D eigenvalue weighted by Crippen LogP contribution is -2.32. The van der Waals surface area contributed by atoms with Gasteiger partial charge in [0.05, 0.1) is 12.6 Å². The molecule has 0 aliphatic heterocycles. The molecule has 0 aliphatic carbocycles. The van der Waals surface area contributed by atoms with Gasteiger partial charge in [-0.1, -0.05) is 25.5 Å². The molecule has 1 atom stereocenters. The van der Waals surface area contributed by atoms with Gasteiger partial charge in [0.1, 0.15) is 5.75 Å². The van der Waals surface area contributed by atoms with Crippen molar-refractivity contribution in [2.75, 3.05) is 19.7 Å². The first-order valence-electron chi connectivity index (χ1n) is 9.12. The Hall–Kier alpha value is -1.51. The van der Waals surface area contributed by atoms with Gasteiger partial charge >= 0.3 is 0 Å². The van der Waals surface area contributed by atoms with E-state index in [1.807, 2.05) is 38.1 Å². The second-order valence-electron chi connectivity index (χ2n) is 5.94. The lowest BCUT2D eigenvalue weighted by Gasteiger charge is -2.15. The largest absolute Gasteiger partial charge is 0.494 e. The Balaban J connectivity index is 0.00000625. The van der Waals surface area contributed by atoms with Crippen LogP contribution >= 0.6 is 24.0 Å². The predicted molar refractivity (Wildman–Crippen MR) is 118 cm³/mol. The van der Waals surface area contributed by atoms with Crippen molar-refractivity contribution in [3.05, 3.63) is 29.8 Å². The lowest BCUT2D eigenvalue weighted by molar-refractivity contribution is -0.121. The number of rotatable bonds is 11. The van der Waals surface area contributed by atoms with Gasteiger partial charge in [0.25, 0.3) is 0 Å². The molecule has 0 aromatic heterocycles. The SMILES string of the molecule is CCCCNC(N)=NCCCC(=O)NC(C)c1ccc(OCC)cc1.I. The summed E-state index contributed by atoms with van der Waals surface area (Å²) in [6, 6.07) is 7.76. The number of ether oxygens (including phenoxy) is 1. The molecule has 0 bridgehead atoms. The summed E-state index contributed by atoms with van der Waals surface area (Å²) >= 11 is 0. The maximum atomic E-state index is 12.0. The fraction of sp³-hybridized carbons (Fsp3) is 0.579. The highest BCUT2D eigenvalue weighted by Crippen LogP contribution is 2.17. The summed E-state index contributed by atoms with van der Waals surface area (Å²) in [7, 11) is 0. The molecule has 0 fully saturated rings. The van der Waals surface area contributed by atoms with Crippen molar-refractivity contribution in [2.24, 2.45) is 10.7 Å². The molecular weight excluding hydrogens is 443 g/mol. The summed E-state index contributed by atoms with van der Waals surface area (Å²) < 4.78 is 5.42. The van der Waals surface area contributed by atoms with Crippen LogP contribution < -0.4 is 21.1 Å². The number of hydrogen-bond donors (Lipinski definition) is 3. The zero-order valence-electron chi connectivity index (χ0n) is 16.1. The maximum Gasteiger partial charge on any atom is 0.220 e. The van der Waals surface area contributed by atoms with E-state index in [2.05, 4.69) is 22.5 Å². The third-order valence-electron chi connectivity index (χ3n) is 3.75. The van der Waals surface area contributed by atoms with Gasteiger partial charge in [-0.15, -0.1) is 24.0 Å². The molecule has 0 saturated heterocycles. The van der Waals surface area contributed by atoms with E-state index in [-0.39, 0.29) is 35.9 Å². The smallest absolute Gasteiger partial charge is 0.220 e. The number of nitrogens with two attached hydrogens (primary N) is 1. The van der Waals surface area contributed by atoms with Crippen LogP contribution in [0.4, 0.5) is 0 Å². The Morgan fingerprint density at radius 1 is 1.23 bits per heavy atom. The molecule has 0 radical (unpaired) electrons. The molecule has 0 heterocycles. The van der Waals surface area contributed by atoms with Crippen LogP contribution in [0.25, 0.3) is 0 Å². The predicted octanol–water partition coefficient (Wildman–Crippen LogP) is 3.37. The molecule has 26 heavy (non-hydrogen) atoms. The molecule has 1 aromatic rings. The van der Waals surface area contributed by atoms with E-state index in [0.717, 1.165) is 30.7 Å². The lowest BCUT2D eigenvalue weighted by atomic mass is 10.1. The van der Waals surface area contributed by atoms with Crippen LogP contribution in [0.2, 0.25) is 0 Å². The van der Waals surface area contributed by atoms with Crippen molar-refractivity contribution in [3.63, 3.8) is 0 Å². The van der Waals surface area contributed by atoms with E-state index in [4.69, 9.17) is 10.5 Å². The number of hydrogen-bond acceptors (Lipinski definition) is 3. The summed E-state index contributed by atoms with van der Waals surface area (Å²) in [6.45, 7) is 8.09. The number of halogens is 1. The van der Waals surface area contributed by atoms with Crippen LogP contribution in [0.5, 0.6) is 5.75 Å². The molecule has 1 amide bonds. The van der Waals surface area contributed by atoms with Crippen molar-refractivity contribution in [1.29, 1.82) is 0 Å². The summed E-state index contributed by atoms with van der Waals surface area (Å²) in [4.78, 5) is 16.2. The molecule has 4 N–H and O–H groups in total. The first-order valence-corrected chi connectivity index (χ1v) is 9.12. The van der Waals surface area contributed by atoms with Crippen LogP contribution in [0, 0.1) is 0 Å². The normalized spacial score (nSPS) is 12.0. The van der Waals surface area contributed by atoms with Crippen LogP contribution in [0.3, 0.4) is 0 Å². The van der Waals surface area contributed by atoms with Crippen molar-refractivity contribution < 1.29 is 9.53 Å². The maximum absolute atomic E-state index is 12.0. The monoisotopic (exact) mass is 476 g/mol. The highest BCUT2D eigenvalue weighted by Gasteiger charge is 2.09. The van der Waals surface area contributed by atoms with Gasteiger partial charge < -0.3 is 21.1 Å². The number of unbranched alkanes of at least 4 members (excludes halogenated alkanes) is 1. The van der Waals surface area contributed by atoms with E-state index in [9.17, 15) is 4.79 Å². The highest BCUT2D eigenvalue weighted by molar-refractivity contribution is 14.0. The average molecular weight is 476 g/mol. The Morgan fingerprint density at radius 3 is 2.54 bits per heavy atom. The van der Waals surface area contributed by atoms with Crippen LogP contribution in [-0.2, 0) is 4.79 Å². The highest BCUT2D eigenvalue weighted by atomic mass is 127. The fourth-order valence-corrected chi connectivity index (χ4v) is 2.30. The van der Waals surface area contributed by atoms with Gasteiger partial charge in [-0.3, -0.25) is 9.79 Å². The fourth-order valence-electron chi connectivity index (χ4n) is 2.30. The molecule has 1 aromatic carbocycles. The molecule has 148 valence electrons. The number of guanidine groups is 1. The van der Waals surface area contributed by atoms with Gasteiger partial charge in [0, 0.05) is 19.5 Å². The number of amides is 1. The number of nitrogens with one attached hydrogen (secondary N) is 2. The van der Waals surface area contributed by atoms with E-state index in [1.165, 1.54) is 0 Å². The zero-order chi connectivity index (χ0) is 18.5. The van der Waals surface area contributed by atoms with Crippen molar-refractivity contribution >= 4 is 35.8 Å². The topological polar surface area (TPSA) is 88.7 Å². The van der Waals surface area contributed by atoms with E-state index in [1.54, 1.807) is 0 Å². The van der Waals surface area contributed by atoms with E-state index >= 15 is 0 Å². The molecule has 1 unspecified atom stereocenters. The van der Waals surface area contributed by atoms with Crippen LogP contribution in [0.1, 0.15) is 58.1 Å². The Bertz CT molecular complexity index is 535. The second kappa shape index (κ2) is 14.6. The molecule has 7 heteroatoms. The number of aliphatic imine (C=N–C) groups is 1. The van der Waals surface area contributed by atoms with Crippen molar-refractivity contribution in [1.82, 2.24) is 10.6 Å².